The molecule has 1 aromatic heterocycles. The van der Waals surface area contributed by atoms with Gasteiger partial charge in [-0.3, -0.25) is 0 Å². The highest BCUT2D eigenvalue weighted by atomic mass is 79.9. The van der Waals surface area contributed by atoms with Gasteiger partial charge < -0.3 is 5.32 Å². The number of nitrogens with one attached hydrogen (secondary N) is 1. The molecule has 14 heavy (non-hydrogen) atoms. The van der Waals surface area contributed by atoms with Crippen molar-refractivity contribution in [2.45, 2.75) is 25.3 Å². The molecule has 1 aliphatic rings. The lowest BCUT2D eigenvalue weighted by Crippen LogP contribution is -2.16. The zero-order chi connectivity index (χ0) is 9.80. The zero-order valence-electron chi connectivity index (χ0n) is 8.00. The molecule has 0 spiro atoms. The van der Waals surface area contributed by atoms with Crippen molar-refractivity contribution in [1.82, 2.24) is 5.32 Å². The molecule has 0 aromatic carbocycles. The molecule has 0 radical (unpaired) electrons. The van der Waals surface area contributed by atoms with E-state index in [9.17, 15) is 0 Å². The molecule has 1 aromatic rings. The van der Waals surface area contributed by atoms with Gasteiger partial charge in [0.2, 0.25) is 0 Å². The van der Waals surface area contributed by atoms with E-state index in [4.69, 9.17) is 0 Å². The fourth-order valence-electron chi connectivity index (χ4n) is 1.27. The minimum absolute atomic E-state index is 0.830. The molecule has 1 N–H and O–H groups in total. The van der Waals surface area contributed by atoms with Crippen LogP contribution in [-0.2, 0) is 0 Å². The highest BCUT2D eigenvalue weighted by Gasteiger charge is 2.19. The average Bonchev–Trinajstić information content (AvgIpc) is 2.91. The molecule has 1 fully saturated rings. The Hall–Kier alpha value is -0.120. The van der Waals surface area contributed by atoms with Crippen LogP contribution < -0.4 is 5.32 Å². The summed E-state index contributed by atoms with van der Waals surface area (Å²) in [4.78, 5) is 1.32. The van der Waals surface area contributed by atoms with Gasteiger partial charge in [-0.15, -0.1) is 11.3 Å². The van der Waals surface area contributed by atoms with Gasteiger partial charge in [-0.05, 0) is 59.3 Å². The minimum Gasteiger partial charge on any atom is -0.314 e. The Morgan fingerprint density at radius 3 is 3.07 bits per heavy atom. The Morgan fingerprint density at radius 2 is 2.43 bits per heavy atom. The lowest BCUT2D eigenvalue weighted by Gasteiger charge is -1.97. The zero-order valence-corrected chi connectivity index (χ0v) is 10.4. The van der Waals surface area contributed by atoms with Crippen LogP contribution in [0.3, 0.4) is 0 Å². The van der Waals surface area contributed by atoms with E-state index in [0.717, 1.165) is 19.0 Å². The molecule has 0 amide bonds. The van der Waals surface area contributed by atoms with E-state index < -0.39 is 0 Å². The lowest BCUT2D eigenvalue weighted by molar-refractivity contribution is 0.691. The number of thiophene rings is 1. The van der Waals surface area contributed by atoms with Crippen LogP contribution in [0.1, 0.15) is 24.1 Å². The molecule has 0 aliphatic heterocycles. The molecule has 1 nitrogen and oxygen atoms in total. The van der Waals surface area contributed by atoms with Crippen molar-refractivity contribution < 1.29 is 0 Å². The monoisotopic (exact) mass is 271 g/mol. The summed E-state index contributed by atoms with van der Waals surface area (Å²) in [7, 11) is 0. The van der Waals surface area contributed by atoms with Crippen molar-refractivity contribution in [2.75, 3.05) is 6.54 Å². The Labute approximate surface area is 97.3 Å². The van der Waals surface area contributed by atoms with Crippen LogP contribution >= 0.6 is 27.3 Å². The predicted molar refractivity (Wildman–Crippen MR) is 66.7 cm³/mol. The fourth-order valence-corrected chi connectivity index (χ4v) is 2.70. The first-order valence-electron chi connectivity index (χ1n) is 4.99. The molecular weight excluding hydrogens is 258 g/mol. The molecular formula is C11H14BrNS. The van der Waals surface area contributed by atoms with Crippen molar-refractivity contribution in [3.05, 3.63) is 26.9 Å². The van der Waals surface area contributed by atoms with Gasteiger partial charge in [0.15, 0.2) is 0 Å². The predicted octanol–water partition coefficient (Wildman–Crippen LogP) is 3.67. The third kappa shape index (κ3) is 3.23. The Morgan fingerprint density at radius 1 is 1.57 bits per heavy atom. The van der Waals surface area contributed by atoms with Gasteiger partial charge in [-0.1, -0.05) is 6.08 Å². The third-order valence-electron chi connectivity index (χ3n) is 2.24. The summed E-state index contributed by atoms with van der Waals surface area (Å²) in [5.41, 5.74) is 0. The standard InChI is InChI=1S/C11H14BrNS/c12-10-6-8-14-11(10)3-1-2-7-13-9-4-5-9/h1,3,6,8-9,13H,2,4-5,7H2. The van der Waals surface area contributed by atoms with Crippen molar-refractivity contribution in [3.63, 3.8) is 0 Å². The smallest absolute Gasteiger partial charge is 0.0409 e. The first-order valence-corrected chi connectivity index (χ1v) is 6.66. The molecule has 2 rings (SSSR count). The first-order chi connectivity index (χ1) is 6.86. The van der Waals surface area contributed by atoms with E-state index in [-0.39, 0.29) is 0 Å². The second kappa shape index (κ2) is 5.10. The Bertz CT molecular complexity index is 315. The van der Waals surface area contributed by atoms with E-state index in [0.29, 0.717) is 0 Å². The molecule has 0 bridgehead atoms. The van der Waals surface area contributed by atoms with Crippen LogP contribution in [0.5, 0.6) is 0 Å². The molecule has 76 valence electrons. The molecule has 0 saturated heterocycles. The van der Waals surface area contributed by atoms with E-state index in [1.807, 2.05) is 0 Å². The van der Waals surface area contributed by atoms with Crippen LogP contribution in [0.2, 0.25) is 0 Å². The highest BCUT2D eigenvalue weighted by Crippen LogP contribution is 2.24. The van der Waals surface area contributed by atoms with Crippen molar-refractivity contribution in [3.8, 4) is 0 Å². The molecule has 0 unspecified atom stereocenters. The second-order valence-corrected chi connectivity index (χ2v) is 5.35. The number of hydrogen-bond acceptors (Lipinski definition) is 2. The molecule has 1 saturated carbocycles. The van der Waals surface area contributed by atoms with Crippen LogP contribution in [0.15, 0.2) is 22.0 Å². The topological polar surface area (TPSA) is 12.0 Å². The second-order valence-electron chi connectivity index (χ2n) is 3.55. The van der Waals surface area contributed by atoms with E-state index in [1.54, 1.807) is 11.3 Å². The van der Waals surface area contributed by atoms with E-state index >= 15 is 0 Å². The summed E-state index contributed by atoms with van der Waals surface area (Å²) in [5, 5.41) is 5.60. The van der Waals surface area contributed by atoms with Crippen LogP contribution in [0, 0.1) is 0 Å². The SMILES string of the molecule is Brc1ccsc1C=CCCNC1CC1. The molecule has 1 aliphatic carbocycles. The van der Waals surface area contributed by atoms with Gasteiger partial charge in [0.25, 0.3) is 0 Å². The van der Waals surface area contributed by atoms with Gasteiger partial charge in [0.05, 0.1) is 0 Å². The van der Waals surface area contributed by atoms with Crippen LogP contribution in [-0.4, -0.2) is 12.6 Å². The summed E-state index contributed by atoms with van der Waals surface area (Å²) in [6, 6.07) is 2.92. The van der Waals surface area contributed by atoms with Gasteiger partial charge in [0, 0.05) is 15.4 Å². The largest absolute Gasteiger partial charge is 0.314 e. The summed E-state index contributed by atoms with van der Waals surface area (Å²) in [6.45, 7) is 1.12. The maximum absolute atomic E-state index is 3.51. The lowest BCUT2D eigenvalue weighted by atomic mass is 10.3. The number of hydrogen-bond donors (Lipinski definition) is 1. The molecule has 0 atom stereocenters. The third-order valence-corrected chi connectivity index (χ3v) is 4.07. The highest BCUT2D eigenvalue weighted by molar-refractivity contribution is 9.10. The summed E-state index contributed by atoms with van der Waals surface area (Å²) in [5.74, 6) is 0. The first kappa shape index (κ1) is 10.4. The van der Waals surface area contributed by atoms with E-state index in [2.05, 4.69) is 44.8 Å². The van der Waals surface area contributed by atoms with Gasteiger partial charge in [-0.2, -0.15) is 0 Å². The minimum atomic E-state index is 0.830. The summed E-state index contributed by atoms with van der Waals surface area (Å²) >= 11 is 5.28. The maximum Gasteiger partial charge on any atom is 0.0409 e. The summed E-state index contributed by atoms with van der Waals surface area (Å²) in [6.07, 6.45) is 8.32. The Balaban J connectivity index is 1.68. The molecule has 3 heteroatoms. The average molecular weight is 272 g/mol. The van der Waals surface area contributed by atoms with Crippen molar-refractivity contribution in [2.24, 2.45) is 0 Å². The summed E-state index contributed by atoms with van der Waals surface area (Å²) < 4.78 is 1.20. The Kier molecular flexibility index (Phi) is 3.79. The maximum atomic E-state index is 3.51. The fraction of sp³-hybridized carbons (Fsp3) is 0.455. The van der Waals surface area contributed by atoms with Crippen LogP contribution in [0.25, 0.3) is 6.08 Å². The van der Waals surface area contributed by atoms with Crippen molar-refractivity contribution in [1.29, 1.82) is 0 Å². The quantitative estimate of drug-likeness (QED) is 0.806. The van der Waals surface area contributed by atoms with Gasteiger partial charge >= 0.3 is 0 Å². The van der Waals surface area contributed by atoms with Gasteiger partial charge in [-0.25, -0.2) is 0 Å². The molecule has 1 heterocycles. The number of rotatable bonds is 5. The normalized spacial score (nSPS) is 16.6. The van der Waals surface area contributed by atoms with E-state index in [1.165, 1.54) is 22.2 Å². The van der Waals surface area contributed by atoms with Crippen molar-refractivity contribution >= 4 is 33.3 Å². The van der Waals surface area contributed by atoms with Crippen LogP contribution in [0.4, 0.5) is 0 Å². The number of halogens is 1. The van der Waals surface area contributed by atoms with Gasteiger partial charge in [0.1, 0.15) is 0 Å².